The predicted molar refractivity (Wildman–Crippen MR) is 304 cm³/mol. The van der Waals surface area contributed by atoms with Crippen molar-refractivity contribution in [1.82, 2.24) is 0 Å². The maximum absolute atomic E-state index is 13.5. The number of ether oxygens (including phenoxy) is 2. The molecule has 0 radical (unpaired) electrons. The zero-order chi connectivity index (χ0) is 54.5. The largest absolute Gasteiger partial charge is 0.427 e. The summed E-state index contributed by atoms with van der Waals surface area (Å²) in [4.78, 5) is 64.2. The predicted octanol–water partition coefficient (Wildman–Crippen LogP) is 16.5. The highest BCUT2D eigenvalue weighted by molar-refractivity contribution is 7.92. The number of rotatable bonds is 45. The molecule has 0 aliphatic rings. The minimum atomic E-state index is -5.24. The second-order valence-corrected chi connectivity index (χ2v) is 26.0. The first-order chi connectivity index (χ1) is 35.4. The lowest BCUT2D eigenvalue weighted by atomic mass is 9.78. The zero-order valence-electron chi connectivity index (χ0n) is 45.8. The highest BCUT2D eigenvalue weighted by atomic mass is 32.2. The smallest absolute Gasteiger partial charge is 0.340 e. The lowest BCUT2D eigenvalue weighted by molar-refractivity contribution is -0.135. The van der Waals surface area contributed by atoms with E-state index in [-0.39, 0.29) is 35.7 Å². The van der Waals surface area contributed by atoms with E-state index in [2.05, 4.69) is 49.8 Å². The van der Waals surface area contributed by atoms with Crippen LogP contribution in [0.4, 0.5) is 5.69 Å². The molecule has 0 aliphatic heterocycles. The van der Waals surface area contributed by atoms with Crippen molar-refractivity contribution in [2.45, 2.75) is 250 Å². The van der Waals surface area contributed by atoms with Crippen LogP contribution in [-0.2, 0) is 28.7 Å². The molecule has 2 unspecified atom stereocenters. The summed E-state index contributed by atoms with van der Waals surface area (Å²) >= 11 is 0. The van der Waals surface area contributed by atoms with Gasteiger partial charge in [0.05, 0.1) is 11.4 Å². The van der Waals surface area contributed by atoms with Gasteiger partial charge in [-0.15, -0.1) is 0 Å². The molecule has 0 saturated heterocycles. The number of benzene rings is 2. The number of unbranched alkanes of at least 4 members (excludes halogenated alkanes) is 22. The van der Waals surface area contributed by atoms with Crippen LogP contribution in [0, 0.1) is 0 Å². The van der Waals surface area contributed by atoms with Gasteiger partial charge < -0.3 is 29.0 Å². The van der Waals surface area contributed by atoms with Gasteiger partial charge in [0.2, 0.25) is 10.0 Å². The molecule has 2 aromatic carbocycles. The Balaban J connectivity index is 2.04. The van der Waals surface area contributed by atoms with Gasteiger partial charge in [-0.2, -0.15) is 0 Å². The topological polar surface area (TPSA) is 214 Å². The highest BCUT2D eigenvalue weighted by Gasteiger charge is 2.43. The van der Waals surface area contributed by atoms with Crippen molar-refractivity contribution in [2.75, 3.05) is 10.5 Å². The Labute approximate surface area is 447 Å². The van der Waals surface area contributed by atoms with Crippen LogP contribution >= 0.6 is 15.2 Å². The fourth-order valence-corrected chi connectivity index (χ4v) is 13.2. The van der Waals surface area contributed by atoms with Crippen LogP contribution in [0.25, 0.3) is 0 Å². The molecule has 0 amide bonds. The van der Waals surface area contributed by atoms with Crippen LogP contribution in [0.15, 0.2) is 66.8 Å². The number of hydrogen-bond acceptors (Lipinski definition) is 8. The van der Waals surface area contributed by atoms with Crippen LogP contribution in [-0.4, -0.2) is 51.1 Å². The van der Waals surface area contributed by atoms with Gasteiger partial charge in [-0.1, -0.05) is 173 Å². The summed E-state index contributed by atoms with van der Waals surface area (Å²) in [7, 11) is -14.8. The minimum Gasteiger partial charge on any atom is -0.427 e. The monoisotopic (exact) mass is 1090 g/mol. The minimum absolute atomic E-state index is 0.00345. The summed E-state index contributed by atoms with van der Waals surface area (Å²) in [6, 6.07) is 12.5. The Bertz CT molecular complexity index is 2080. The molecule has 0 aliphatic carbocycles. The van der Waals surface area contributed by atoms with Gasteiger partial charge in [-0.05, 0) is 137 Å². The van der Waals surface area contributed by atoms with Gasteiger partial charge in [0.1, 0.15) is 5.75 Å². The molecule has 0 spiro atoms. The molecule has 0 aromatic heterocycles. The Morgan fingerprint density at radius 1 is 0.527 bits per heavy atom. The Morgan fingerprint density at radius 3 is 1.35 bits per heavy atom. The van der Waals surface area contributed by atoms with Crippen molar-refractivity contribution in [3.63, 3.8) is 0 Å². The molecule has 74 heavy (non-hydrogen) atoms. The first kappa shape index (κ1) is 67.0. The van der Waals surface area contributed by atoms with Crippen LogP contribution in [0.5, 0.6) is 11.5 Å². The standard InChI is InChI=1S/C58H97NO12P2S/c1-5-9-11-13-15-17-19-21-23-25-27-29-31-33-35-38-56(60)70-51-44-41-49(42-45-51)52(7-3)53(8-4)50-43-46-55(54(48-50)59-74(68,69)47-37-40-58(72(62,63)64)73(65,66)67)71-57(61)39-36-34-32-30-28-26-24-22-20-18-16-14-12-10-6-2/h21-24,41-46,48,52-53,58-59H,5-20,25-40,47H2,1-4H3,(H2,62,63,64)(H2,65,66,67)/b23-21-,24-22-. The number of hydrogen-bond donors (Lipinski definition) is 5. The average molecular weight is 1090 g/mol. The second kappa shape index (κ2) is 39.3. The summed E-state index contributed by atoms with van der Waals surface area (Å²) in [6.45, 7) is 8.57. The molecule has 13 nitrogen and oxygen atoms in total. The van der Waals surface area contributed by atoms with Gasteiger partial charge in [0.15, 0.2) is 11.1 Å². The fourth-order valence-electron chi connectivity index (χ4n) is 9.48. The number of carbonyl (C=O) groups is 2. The molecule has 0 saturated carbocycles. The van der Waals surface area contributed by atoms with E-state index in [0.717, 1.165) is 88.2 Å². The number of nitrogens with one attached hydrogen (secondary N) is 1. The molecular weight excluding hydrogens is 997 g/mol. The first-order valence-corrected chi connectivity index (χ1v) is 33.5. The van der Waals surface area contributed by atoms with E-state index in [1.165, 1.54) is 89.9 Å². The van der Waals surface area contributed by atoms with Crippen molar-refractivity contribution in [1.29, 1.82) is 0 Å². The third kappa shape index (κ3) is 30.6. The summed E-state index contributed by atoms with van der Waals surface area (Å²) < 4.78 is 64.7. The van der Waals surface area contributed by atoms with Gasteiger partial charge in [-0.25, -0.2) is 8.42 Å². The molecule has 2 atom stereocenters. The molecule has 0 bridgehead atoms. The normalized spacial score (nSPS) is 13.3. The van der Waals surface area contributed by atoms with Crippen LogP contribution in [0.3, 0.4) is 0 Å². The Kier molecular flexibility index (Phi) is 35.6. The van der Waals surface area contributed by atoms with Gasteiger partial charge in [0, 0.05) is 12.8 Å². The van der Waals surface area contributed by atoms with Crippen molar-refractivity contribution in [3.05, 3.63) is 77.9 Å². The SMILES string of the molecule is CCCCCCCC/C=C\CCCCCCCC(=O)Oc1ccc(C(CC)C(CC)c2ccc(OC(=O)CCCCCCC/C=C\CCCCCCCC)c(NS(=O)(=O)CCCC(P(=O)(O)O)P(=O)(O)O)c2)cc1. The van der Waals surface area contributed by atoms with Crippen LogP contribution in [0.1, 0.15) is 256 Å². The second-order valence-electron chi connectivity index (χ2n) is 20.2. The van der Waals surface area contributed by atoms with Crippen LogP contribution < -0.4 is 14.2 Å². The van der Waals surface area contributed by atoms with E-state index < -0.39 is 55.2 Å². The third-order valence-electron chi connectivity index (χ3n) is 13.8. The molecule has 422 valence electrons. The maximum Gasteiger partial charge on any atom is 0.340 e. The zero-order valence-corrected chi connectivity index (χ0v) is 48.4. The van der Waals surface area contributed by atoms with Crippen molar-refractivity contribution < 1.29 is 56.2 Å². The highest BCUT2D eigenvalue weighted by Crippen LogP contribution is 2.61. The molecule has 0 fully saturated rings. The third-order valence-corrected chi connectivity index (χ3v) is 19.0. The van der Waals surface area contributed by atoms with E-state index in [4.69, 9.17) is 9.47 Å². The lowest BCUT2D eigenvalue weighted by Gasteiger charge is -2.27. The lowest BCUT2D eigenvalue weighted by Crippen LogP contribution is -2.20. The molecule has 2 rings (SSSR count). The number of allylic oxidation sites excluding steroid dienone is 4. The molecule has 16 heteroatoms. The van der Waals surface area contributed by atoms with Gasteiger partial charge in [-0.3, -0.25) is 23.4 Å². The first-order valence-electron chi connectivity index (χ1n) is 28.5. The van der Waals surface area contributed by atoms with E-state index in [9.17, 15) is 46.7 Å². The van der Waals surface area contributed by atoms with E-state index >= 15 is 0 Å². The van der Waals surface area contributed by atoms with E-state index in [0.29, 0.717) is 25.0 Å². The van der Waals surface area contributed by atoms with Crippen molar-refractivity contribution in [2.24, 2.45) is 0 Å². The van der Waals surface area contributed by atoms with Crippen LogP contribution in [0.2, 0.25) is 0 Å². The number of carbonyl (C=O) groups excluding carboxylic acids is 2. The van der Waals surface area contributed by atoms with Gasteiger partial charge >= 0.3 is 27.1 Å². The number of anilines is 1. The molecule has 0 heterocycles. The van der Waals surface area contributed by atoms with E-state index in [1.807, 2.05) is 25.1 Å². The molecule has 2 aromatic rings. The summed E-state index contributed by atoms with van der Waals surface area (Å²) in [5.41, 5.74) is 1.77. The van der Waals surface area contributed by atoms with E-state index in [1.54, 1.807) is 24.3 Å². The molecular formula is C58H97NO12P2S. The average Bonchev–Trinajstić information content (AvgIpc) is 3.34. The summed E-state index contributed by atoms with van der Waals surface area (Å²) in [5.74, 6) is -1.18. The maximum atomic E-state index is 13.5. The van der Waals surface area contributed by atoms with Crippen molar-refractivity contribution >= 4 is 42.8 Å². The number of sulfonamides is 1. The number of esters is 2. The quantitative estimate of drug-likeness (QED) is 0.0138. The summed E-state index contributed by atoms with van der Waals surface area (Å²) in [6.07, 6.45) is 39.8. The Hall–Kier alpha value is -3.09. The summed E-state index contributed by atoms with van der Waals surface area (Å²) in [5, 5.41) is -2.33. The fraction of sp³-hybridized carbons (Fsp3) is 0.690. The van der Waals surface area contributed by atoms with Crippen molar-refractivity contribution in [3.8, 4) is 11.5 Å². The Morgan fingerprint density at radius 2 is 0.919 bits per heavy atom. The van der Waals surface area contributed by atoms with Gasteiger partial charge in [0.25, 0.3) is 0 Å². The molecule has 5 N–H and O–H groups in total.